The normalized spacial score (nSPS) is 23.2. The van der Waals surface area contributed by atoms with Crippen LogP contribution in [0.3, 0.4) is 0 Å². The molecule has 12 heteroatoms. The van der Waals surface area contributed by atoms with E-state index in [2.05, 4.69) is 10.3 Å². The molecule has 26 heavy (non-hydrogen) atoms. The lowest BCUT2D eigenvalue weighted by Gasteiger charge is -2.40. The van der Waals surface area contributed by atoms with Gasteiger partial charge in [0.25, 0.3) is 5.56 Å². The highest BCUT2D eigenvalue weighted by Gasteiger charge is 2.47. The van der Waals surface area contributed by atoms with Gasteiger partial charge < -0.3 is 5.73 Å². The Kier molecular flexibility index (Phi) is 4.12. The highest BCUT2D eigenvalue weighted by molar-refractivity contribution is 6.61. The van der Waals surface area contributed by atoms with E-state index >= 15 is 0 Å². The molecule has 0 saturated carbocycles. The Labute approximate surface area is 155 Å². The highest BCUT2D eigenvalue weighted by atomic mass is 16.2. The standard InChI is InChI=1S/C14H19B5N4O3/c1-3-21-11-6(10(20)8(17)7(16)9(11)18)12(25)23(3)14(19)4(15)2-5(24)22-13(14)26/h4H,2,15-20H2,1H3,(H,22,24,26). The summed E-state index contributed by atoms with van der Waals surface area (Å²) in [5.41, 5.74) is 8.39. The van der Waals surface area contributed by atoms with E-state index in [1.807, 2.05) is 23.5 Å². The molecule has 0 bridgehead atoms. The van der Waals surface area contributed by atoms with E-state index in [0.29, 0.717) is 22.4 Å². The number of carbonyl (C=O) groups is 2. The van der Waals surface area contributed by atoms with Gasteiger partial charge in [0.15, 0.2) is 0 Å². The van der Waals surface area contributed by atoms with Crippen LogP contribution in [-0.2, 0) is 15.0 Å². The monoisotopic (exact) mass is 346 g/mol. The molecule has 2 atom stereocenters. The molecule has 0 radical (unpaired) electrons. The number of aromatic nitrogens is 2. The van der Waals surface area contributed by atoms with E-state index in [9.17, 15) is 14.4 Å². The molecule has 2 amide bonds. The van der Waals surface area contributed by atoms with Gasteiger partial charge in [0.2, 0.25) is 11.8 Å². The van der Waals surface area contributed by atoms with Crippen LogP contribution in [0.25, 0.3) is 10.9 Å². The fourth-order valence-corrected chi connectivity index (χ4v) is 3.86. The molecule has 1 fully saturated rings. The van der Waals surface area contributed by atoms with Gasteiger partial charge in [0, 0.05) is 12.1 Å². The molecule has 3 rings (SSSR count). The number of carbonyl (C=O) groups excluding carboxylic acids is 2. The predicted molar refractivity (Wildman–Crippen MR) is 116 cm³/mol. The van der Waals surface area contributed by atoms with Crippen molar-refractivity contribution in [2.45, 2.75) is 24.6 Å². The molecule has 1 aromatic carbocycles. The van der Waals surface area contributed by atoms with Gasteiger partial charge in [-0.2, -0.15) is 0 Å². The maximum Gasteiger partial charge on any atom is 0.263 e. The summed E-state index contributed by atoms with van der Waals surface area (Å²) in [4.78, 5) is 42.5. The van der Waals surface area contributed by atoms with Crippen LogP contribution in [0.1, 0.15) is 12.2 Å². The highest BCUT2D eigenvalue weighted by Crippen LogP contribution is 2.32. The minimum Gasteiger partial charge on any atom is -0.398 e. The number of nitrogen functional groups attached to an aromatic ring is 1. The van der Waals surface area contributed by atoms with E-state index in [1.165, 1.54) is 4.57 Å². The molecule has 0 aliphatic carbocycles. The maximum absolute atomic E-state index is 13.4. The molecule has 1 saturated heterocycles. The third-order valence-electron chi connectivity index (χ3n) is 6.03. The number of piperidine rings is 1. The fourth-order valence-electron chi connectivity index (χ4n) is 3.86. The summed E-state index contributed by atoms with van der Waals surface area (Å²) in [6.45, 7) is 1.70. The van der Waals surface area contributed by atoms with Crippen LogP contribution in [0.4, 0.5) is 5.69 Å². The van der Waals surface area contributed by atoms with Crippen LogP contribution in [-0.4, -0.2) is 60.6 Å². The third kappa shape index (κ3) is 2.27. The predicted octanol–water partition coefficient (Wildman–Crippen LogP) is -7.18. The first-order chi connectivity index (χ1) is 12.0. The van der Waals surface area contributed by atoms with Crippen molar-refractivity contribution in [1.82, 2.24) is 14.9 Å². The first kappa shape index (κ1) is 18.4. The van der Waals surface area contributed by atoms with Gasteiger partial charge in [0.05, 0.1) is 16.3 Å². The molecule has 1 aliphatic heterocycles. The number of nitrogens with one attached hydrogen (secondary N) is 1. The Bertz CT molecular complexity index is 1050. The molecule has 1 aliphatic rings. The molecular formula is C14H19B5N4O3. The minimum absolute atomic E-state index is 0.160. The second kappa shape index (κ2) is 5.82. The zero-order valence-corrected chi connectivity index (χ0v) is 16.0. The summed E-state index contributed by atoms with van der Waals surface area (Å²) in [6.07, 6.45) is 0.160. The number of aryl methyl sites for hydroxylation is 1. The molecule has 2 unspecified atom stereocenters. The zero-order chi connectivity index (χ0) is 19.5. The van der Waals surface area contributed by atoms with E-state index in [1.54, 1.807) is 22.6 Å². The van der Waals surface area contributed by atoms with Crippen molar-refractivity contribution < 1.29 is 9.59 Å². The summed E-state index contributed by atoms with van der Waals surface area (Å²) in [5.74, 6) is -0.756. The maximum atomic E-state index is 13.4. The van der Waals surface area contributed by atoms with E-state index in [0.717, 1.165) is 16.4 Å². The lowest BCUT2D eigenvalue weighted by Crippen LogP contribution is -2.61. The number of hydrogen-bond donors (Lipinski definition) is 2. The van der Waals surface area contributed by atoms with Crippen molar-refractivity contribution in [3.63, 3.8) is 0 Å². The molecule has 0 spiro atoms. The molecular weight excluding hydrogens is 326 g/mol. The first-order valence-corrected chi connectivity index (χ1v) is 8.65. The van der Waals surface area contributed by atoms with Crippen molar-refractivity contribution in [1.29, 1.82) is 0 Å². The number of imide groups is 1. The van der Waals surface area contributed by atoms with Gasteiger partial charge in [-0.15, -0.1) is 0 Å². The van der Waals surface area contributed by atoms with Gasteiger partial charge in [-0.25, -0.2) is 4.98 Å². The molecule has 3 N–H and O–H groups in total. The Morgan fingerprint density at radius 1 is 1.19 bits per heavy atom. The smallest absolute Gasteiger partial charge is 0.263 e. The summed E-state index contributed by atoms with van der Waals surface area (Å²) < 4.78 is 1.40. The molecule has 2 heterocycles. The third-order valence-corrected chi connectivity index (χ3v) is 6.03. The zero-order valence-electron chi connectivity index (χ0n) is 16.0. The summed E-state index contributed by atoms with van der Waals surface area (Å²) in [6, 6.07) is 0. The number of fused-ring (bicyclic) bond motifs is 1. The van der Waals surface area contributed by atoms with E-state index < -0.39 is 11.3 Å². The van der Waals surface area contributed by atoms with Crippen LogP contribution in [0.15, 0.2) is 4.79 Å². The quantitative estimate of drug-likeness (QED) is 0.303. The topological polar surface area (TPSA) is 107 Å². The van der Waals surface area contributed by atoms with Gasteiger partial charge in [-0.3, -0.25) is 24.3 Å². The van der Waals surface area contributed by atoms with Crippen molar-refractivity contribution in [3.05, 3.63) is 16.2 Å². The number of rotatable bonds is 1. The van der Waals surface area contributed by atoms with Gasteiger partial charge in [-0.1, -0.05) is 16.4 Å². The molecule has 128 valence electrons. The second-order valence-electron chi connectivity index (χ2n) is 7.44. The van der Waals surface area contributed by atoms with Crippen molar-refractivity contribution >= 4 is 84.0 Å². The van der Waals surface area contributed by atoms with Crippen LogP contribution >= 0.6 is 0 Å². The van der Waals surface area contributed by atoms with Crippen LogP contribution < -0.4 is 33.0 Å². The van der Waals surface area contributed by atoms with Crippen molar-refractivity contribution in [3.8, 4) is 0 Å². The lowest BCUT2D eigenvalue weighted by molar-refractivity contribution is -0.137. The largest absolute Gasteiger partial charge is 0.398 e. The van der Waals surface area contributed by atoms with Crippen LogP contribution in [0, 0.1) is 6.92 Å². The average Bonchev–Trinajstić information content (AvgIpc) is 2.55. The minimum atomic E-state index is -1.21. The number of benzene rings is 1. The fraction of sp³-hybridized carbons (Fsp3) is 0.286. The number of nitrogens with two attached hydrogens (primary N) is 1. The Morgan fingerprint density at radius 3 is 2.38 bits per heavy atom. The second-order valence-corrected chi connectivity index (χ2v) is 7.44. The van der Waals surface area contributed by atoms with Gasteiger partial charge >= 0.3 is 0 Å². The van der Waals surface area contributed by atoms with Crippen LogP contribution in [0.2, 0.25) is 5.82 Å². The SMILES string of the molecule is Bc1c(B)c(N)c2c(=O)n(C3(B)C(=O)NC(=O)CC3B)c(C)nc2c1B. The number of hydrogen-bond acceptors (Lipinski definition) is 5. The molecule has 7 nitrogen and oxygen atoms in total. The summed E-state index contributed by atoms with van der Waals surface area (Å²) >= 11 is 0. The first-order valence-electron chi connectivity index (χ1n) is 8.65. The summed E-state index contributed by atoms with van der Waals surface area (Å²) in [5, 5.41) is 2.68. The van der Waals surface area contributed by atoms with E-state index in [-0.39, 0.29) is 23.7 Å². The Hall–Kier alpha value is -2.38. The summed E-state index contributed by atoms with van der Waals surface area (Å²) in [7, 11) is 9.20. The lowest BCUT2D eigenvalue weighted by atomic mass is 9.56. The van der Waals surface area contributed by atoms with Crippen molar-refractivity contribution in [2.24, 2.45) is 0 Å². The number of amides is 2. The van der Waals surface area contributed by atoms with E-state index in [4.69, 9.17) is 5.73 Å². The molecule has 1 aromatic heterocycles. The Morgan fingerprint density at radius 2 is 1.81 bits per heavy atom. The average molecular weight is 345 g/mol. The van der Waals surface area contributed by atoms with Crippen LogP contribution in [0.5, 0.6) is 0 Å². The van der Waals surface area contributed by atoms with Gasteiger partial charge in [0.1, 0.15) is 45.1 Å². The van der Waals surface area contributed by atoms with Gasteiger partial charge in [-0.05, 0) is 12.7 Å². The Balaban J connectivity index is 2.44. The number of anilines is 1. The molecule has 2 aromatic rings. The number of nitrogens with zero attached hydrogens (tertiary/aromatic N) is 2. The van der Waals surface area contributed by atoms with Crippen molar-refractivity contribution in [2.75, 3.05) is 5.73 Å².